The van der Waals surface area contributed by atoms with Gasteiger partial charge in [0, 0.05) is 41.9 Å². The number of aromatic nitrogens is 2. The van der Waals surface area contributed by atoms with Crippen LogP contribution in [0, 0.1) is 5.82 Å². The summed E-state index contributed by atoms with van der Waals surface area (Å²) in [5.74, 6) is -1.43. The molecule has 0 radical (unpaired) electrons. The Labute approximate surface area is 219 Å². The van der Waals surface area contributed by atoms with E-state index in [9.17, 15) is 14.7 Å². The molecule has 1 aliphatic rings. The third-order valence-electron chi connectivity index (χ3n) is 6.68. The largest absolute Gasteiger partial charge is 0.453 e. The van der Waals surface area contributed by atoms with Crippen molar-refractivity contribution in [1.29, 1.82) is 0 Å². The minimum absolute atomic E-state index is 0.0698. The minimum atomic E-state index is -0.705. The molecule has 1 aromatic heterocycles. The highest BCUT2D eigenvalue weighted by Crippen LogP contribution is 2.31. The predicted octanol–water partition coefficient (Wildman–Crippen LogP) is 4.81. The molecule has 8 nitrogen and oxygen atoms in total. The number of carbonyl (C=O) groups is 2. The first-order valence-corrected chi connectivity index (χ1v) is 12.3. The average molecular weight is 527 g/mol. The number of anilines is 1. The highest BCUT2D eigenvalue weighted by Gasteiger charge is 2.26. The second-order valence-corrected chi connectivity index (χ2v) is 9.45. The third kappa shape index (κ3) is 6.06. The summed E-state index contributed by atoms with van der Waals surface area (Å²) >= 11 is 6.03. The summed E-state index contributed by atoms with van der Waals surface area (Å²) in [4.78, 5) is 35.2. The van der Waals surface area contributed by atoms with E-state index in [2.05, 4.69) is 9.97 Å². The summed E-state index contributed by atoms with van der Waals surface area (Å²) in [5.41, 5.74) is 8.14. The Morgan fingerprint density at radius 1 is 1.24 bits per heavy atom. The van der Waals surface area contributed by atoms with E-state index in [0.29, 0.717) is 53.5 Å². The molecule has 1 fully saturated rings. The van der Waals surface area contributed by atoms with Crippen LogP contribution in [0.1, 0.15) is 52.7 Å². The number of piperidine rings is 1. The van der Waals surface area contributed by atoms with Crippen LogP contribution in [0.3, 0.4) is 0 Å². The van der Waals surface area contributed by atoms with Gasteiger partial charge in [0.1, 0.15) is 17.3 Å². The zero-order chi connectivity index (χ0) is 26.5. The first-order chi connectivity index (χ1) is 17.8. The van der Waals surface area contributed by atoms with E-state index < -0.39 is 17.5 Å². The molecule has 10 heteroatoms. The number of rotatable bonds is 7. The van der Waals surface area contributed by atoms with Gasteiger partial charge in [0.15, 0.2) is 5.78 Å². The second-order valence-electron chi connectivity index (χ2n) is 9.02. The lowest BCUT2D eigenvalue weighted by Crippen LogP contribution is -2.37. The van der Waals surface area contributed by atoms with E-state index in [4.69, 9.17) is 22.1 Å². The molecule has 0 spiro atoms. The molecule has 37 heavy (non-hydrogen) atoms. The van der Waals surface area contributed by atoms with Crippen molar-refractivity contribution < 1.29 is 23.8 Å². The van der Waals surface area contributed by atoms with Gasteiger partial charge in [-0.1, -0.05) is 29.8 Å². The summed E-state index contributed by atoms with van der Waals surface area (Å²) in [6.07, 6.45) is 2.55. The molecule has 1 amide bonds. The number of nitrogens with zero attached hydrogens (tertiary/aromatic N) is 3. The summed E-state index contributed by atoms with van der Waals surface area (Å²) in [6, 6.07) is 11.1. The summed E-state index contributed by atoms with van der Waals surface area (Å²) in [5, 5.41) is 10.3. The maximum atomic E-state index is 15.1. The van der Waals surface area contributed by atoms with Crippen LogP contribution in [0.5, 0.6) is 0 Å². The number of benzene rings is 2. The summed E-state index contributed by atoms with van der Waals surface area (Å²) in [6.45, 7) is 0.797. The number of carbonyl (C=O) groups excluding carboxylic acids is 2. The van der Waals surface area contributed by atoms with Crippen molar-refractivity contribution in [2.24, 2.45) is 0 Å². The number of hydrogen-bond acceptors (Lipinski definition) is 7. The van der Waals surface area contributed by atoms with Gasteiger partial charge in [0.25, 0.3) is 0 Å². The highest BCUT2D eigenvalue weighted by atomic mass is 35.5. The first kappa shape index (κ1) is 26.5. The maximum Gasteiger partial charge on any atom is 0.409 e. The average Bonchev–Trinajstić information content (AvgIpc) is 2.91. The van der Waals surface area contributed by atoms with Crippen molar-refractivity contribution in [2.75, 3.05) is 32.5 Å². The number of ether oxygens (including phenoxy) is 1. The van der Waals surface area contributed by atoms with Crippen molar-refractivity contribution >= 4 is 29.3 Å². The molecule has 3 N–H and O–H groups in total. The Morgan fingerprint density at radius 3 is 2.65 bits per heavy atom. The molecule has 194 valence electrons. The molecule has 3 aromatic rings. The lowest BCUT2D eigenvalue weighted by atomic mass is 9.91. The summed E-state index contributed by atoms with van der Waals surface area (Å²) in [7, 11) is 1.36. The number of aliphatic hydroxyl groups excluding tert-OH is 1. The Hall–Kier alpha value is -3.56. The number of halogens is 2. The topological polar surface area (TPSA) is 119 Å². The molecule has 0 unspecified atom stereocenters. The van der Waals surface area contributed by atoms with Gasteiger partial charge < -0.3 is 20.5 Å². The number of nitrogens with two attached hydrogens (primary N) is 1. The van der Waals surface area contributed by atoms with E-state index in [-0.39, 0.29) is 36.4 Å². The van der Waals surface area contributed by atoms with E-state index in [1.165, 1.54) is 19.2 Å². The van der Waals surface area contributed by atoms with Gasteiger partial charge in [-0.15, -0.1) is 0 Å². The number of amides is 1. The molecule has 0 saturated carbocycles. The highest BCUT2D eigenvalue weighted by molar-refractivity contribution is 6.30. The fourth-order valence-electron chi connectivity index (χ4n) is 4.58. The van der Waals surface area contributed by atoms with Crippen LogP contribution in [0.15, 0.2) is 48.7 Å². The van der Waals surface area contributed by atoms with Crippen LogP contribution < -0.4 is 5.73 Å². The molecular formula is C27H28ClFN4O4. The van der Waals surface area contributed by atoms with Crippen LogP contribution in [0.2, 0.25) is 5.02 Å². The van der Waals surface area contributed by atoms with Crippen LogP contribution in [0.4, 0.5) is 15.0 Å². The van der Waals surface area contributed by atoms with Crippen molar-refractivity contribution in [3.05, 3.63) is 76.3 Å². The summed E-state index contributed by atoms with van der Waals surface area (Å²) < 4.78 is 19.9. The molecule has 0 aliphatic carbocycles. The van der Waals surface area contributed by atoms with Crippen molar-refractivity contribution in [3.63, 3.8) is 0 Å². The molecule has 4 rings (SSSR count). The van der Waals surface area contributed by atoms with Gasteiger partial charge in [-0.2, -0.15) is 0 Å². The molecule has 1 atom stereocenters. The number of ketones is 1. The normalized spacial score (nSPS) is 14.9. The Balaban J connectivity index is 1.51. The van der Waals surface area contributed by atoms with E-state index in [0.717, 1.165) is 0 Å². The number of likely N-dealkylation sites (tertiary alicyclic amines) is 1. The fourth-order valence-corrected chi connectivity index (χ4v) is 4.78. The Bertz CT molecular complexity index is 1300. The lowest BCUT2D eigenvalue weighted by molar-refractivity contribution is 0.0956. The molecule has 2 aromatic carbocycles. The monoisotopic (exact) mass is 526 g/mol. The van der Waals surface area contributed by atoms with Crippen LogP contribution in [-0.4, -0.2) is 58.7 Å². The quantitative estimate of drug-likeness (QED) is 0.424. The first-order valence-electron chi connectivity index (χ1n) is 12.0. The molecule has 0 bridgehead atoms. The SMILES string of the molecule is COC(=O)N1CCC(c2cnc(N)c(-c3ccc(C(=O)C[C@H](CO)c4cccc(Cl)c4)c(F)c3)n2)CC1. The molecule has 2 heterocycles. The fraction of sp³-hybridized carbons (Fsp3) is 0.333. The maximum absolute atomic E-state index is 15.1. The van der Waals surface area contributed by atoms with Gasteiger partial charge in [-0.25, -0.2) is 19.2 Å². The van der Waals surface area contributed by atoms with Gasteiger partial charge in [-0.3, -0.25) is 4.79 Å². The van der Waals surface area contributed by atoms with Crippen molar-refractivity contribution in [1.82, 2.24) is 14.9 Å². The second kappa shape index (κ2) is 11.7. The van der Waals surface area contributed by atoms with Gasteiger partial charge in [0.05, 0.1) is 31.2 Å². The van der Waals surface area contributed by atoms with Crippen molar-refractivity contribution in [2.45, 2.75) is 31.1 Å². The number of nitrogen functional groups attached to an aromatic ring is 1. The molecule has 1 aliphatic heterocycles. The third-order valence-corrected chi connectivity index (χ3v) is 6.92. The van der Waals surface area contributed by atoms with Gasteiger partial charge in [0.2, 0.25) is 0 Å². The van der Waals surface area contributed by atoms with Crippen molar-refractivity contribution in [3.8, 4) is 11.3 Å². The Kier molecular flexibility index (Phi) is 8.35. The van der Waals surface area contributed by atoms with Crippen LogP contribution in [-0.2, 0) is 4.74 Å². The predicted molar refractivity (Wildman–Crippen MR) is 138 cm³/mol. The van der Waals surface area contributed by atoms with Gasteiger partial charge >= 0.3 is 6.09 Å². The van der Waals surface area contributed by atoms with Crippen LogP contribution >= 0.6 is 11.6 Å². The van der Waals surface area contributed by atoms with E-state index >= 15 is 4.39 Å². The van der Waals surface area contributed by atoms with Crippen LogP contribution in [0.25, 0.3) is 11.3 Å². The standard InChI is InChI=1S/C27H28ClFN4O4/c1-37-27(36)33-9-7-16(8-10-33)23-14-31-26(30)25(32-23)18-5-6-21(22(29)12-18)24(35)13-19(15-34)17-3-2-4-20(28)11-17/h2-6,11-12,14,16,19,34H,7-10,13,15H2,1H3,(H2,30,31)/t19-/m1/s1. The Morgan fingerprint density at radius 2 is 2.00 bits per heavy atom. The zero-order valence-electron chi connectivity index (χ0n) is 20.4. The van der Waals surface area contributed by atoms with E-state index in [1.807, 2.05) is 0 Å². The number of hydrogen-bond donors (Lipinski definition) is 2. The van der Waals surface area contributed by atoms with E-state index in [1.54, 1.807) is 41.4 Å². The zero-order valence-corrected chi connectivity index (χ0v) is 21.1. The lowest BCUT2D eigenvalue weighted by Gasteiger charge is -2.30. The number of Topliss-reactive ketones (excluding diaryl/α,β-unsaturated/α-hetero) is 1. The minimum Gasteiger partial charge on any atom is -0.453 e. The number of aliphatic hydroxyl groups is 1. The molecule has 1 saturated heterocycles. The van der Waals surface area contributed by atoms with Gasteiger partial charge in [-0.05, 0) is 42.7 Å². The molecular weight excluding hydrogens is 499 g/mol. The number of methoxy groups -OCH3 is 1. The smallest absolute Gasteiger partial charge is 0.409 e.